The van der Waals surface area contributed by atoms with Gasteiger partial charge in [0.2, 0.25) is 5.91 Å². The van der Waals surface area contributed by atoms with E-state index < -0.39 is 0 Å². The van der Waals surface area contributed by atoms with Gasteiger partial charge in [-0.1, -0.05) is 60.2 Å². The summed E-state index contributed by atoms with van der Waals surface area (Å²) >= 11 is 0. The molecule has 1 atom stereocenters. The first kappa shape index (κ1) is 21.4. The lowest BCUT2D eigenvalue weighted by Gasteiger charge is -2.39. The molecule has 1 unspecified atom stereocenters. The number of para-hydroxylation sites is 2. The van der Waals surface area contributed by atoms with E-state index in [2.05, 4.69) is 41.8 Å². The van der Waals surface area contributed by atoms with Crippen LogP contribution in [0.25, 0.3) is 5.69 Å². The van der Waals surface area contributed by atoms with Crippen LogP contribution in [0.1, 0.15) is 46.1 Å². The molecule has 2 amide bonds. The normalized spacial score (nSPS) is 16.4. The van der Waals surface area contributed by atoms with Gasteiger partial charge in [0.05, 0.1) is 17.1 Å². The summed E-state index contributed by atoms with van der Waals surface area (Å²) in [6.07, 6.45) is 3.92. The first-order valence-electron chi connectivity index (χ1n) is 12.1. The average Bonchev–Trinajstić information content (AvgIpc) is 3.62. The number of hydrogen-bond donors (Lipinski definition) is 0. The summed E-state index contributed by atoms with van der Waals surface area (Å²) in [5.74, 6) is -0.159. The van der Waals surface area contributed by atoms with Gasteiger partial charge in [-0.15, -0.1) is 0 Å². The molecule has 0 spiro atoms. The Labute approximate surface area is 205 Å². The number of aromatic nitrogens is 1. The molecule has 0 saturated heterocycles. The van der Waals surface area contributed by atoms with Crippen LogP contribution in [0.15, 0.2) is 97.2 Å². The molecule has 2 aliphatic rings. The van der Waals surface area contributed by atoms with Crippen LogP contribution < -0.4 is 4.90 Å². The highest BCUT2D eigenvalue weighted by Crippen LogP contribution is 2.42. The van der Waals surface area contributed by atoms with Crippen molar-refractivity contribution in [3.63, 3.8) is 0 Å². The van der Waals surface area contributed by atoms with Gasteiger partial charge >= 0.3 is 0 Å². The Morgan fingerprint density at radius 3 is 2.23 bits per heavy atom. The molecule has 0 radical (unpaired) electrons. The molecule has 6 rings (SSSR count). The monoisotopic (exact) mass is 461 g/mol. The zero-order chi connectivity index (χ0) is 23.9. The van der Waals surface area contributed by atoms with E-state index in [4.69, 9.17) is 0 Å². The molecular formula is C30H27N3O2. The van der Waals surface area contributed by atoms with Crippen molar-refractivity contribution in [1.29, 1.82) is 0 Å². The van der Waals surface area contributed by atoms with Crippen molar-refractivity contribution in [1.82, 2.24) is 9.47 Å². The number of anilines is 1. The van der Waals surface area contributed by atoms with Crippen molar-refractivity contribution < 1.29 is 9.59 Å². The molecule has 1 aliphatic heterocycles. The van der Waals surface area contributed by atoms with Gasteiger partial charge in [-0.2, -0.15) is 0 Å². The van der Waals surface area contributed by atoms with Gasteiger partial charge in [0.1, 0.15) is 12.6 Å². The summed E-state index contributed by atoms with van der Waals surface area (Å²) in [5.41, 5.74) is 5.70. The van der Waals surface area contributed by atoms with Crippen LogP contribution in [0.4, 0.5) is 5.69 Å². The standard InChI is InChI=1S/C30H27N3O2/c1-21-13-15-22(16-14-21)29-27-12-7-19-31(27)25-10-5-6-11-26(25)33(29)28(34)20-32(24-17-18-24)30(35)23-8-3-2-4-9-23/h2-16,19,24,29H,17-18,20H2,1H3. The minimum Gasteiger partial charge on any atom is -0.326 e. The van der Waals surface area contributed by atoms with Gasteiger partial charge in [-0.05, 0) is 61.7 Å². The Morgan fingerprint density at radius 2 is 1.51 bits per heavy atom. The van der Waals surface area contributed by atoms with Crippen LogP contribution in [0, 0.1) is 6.92 Å². The van der Waals surface area contributed by atoms with Gasteiger partial charge in [0, 0.05) is 17.8 Å². The molecule has 174 valence electrons. The van der Waals surface area contributed by atoms with Crippen molar-refractivity contribution >= 4 is 17.5 Å². The molecule has 0 N–H and O–H groups in total. The number of nitrogens with zero attached hydrogens (tertiary/aromatic N) is 3. The largest absolute Gasteiger partial charge is 0.326 e. The van der Waals surface area contributed by atoms with Crippen molar-refractivity contribution in [3.8, 4) is 5.69 Å². The fraction of sp³-hybridized carbons (Fsp3) is 0.200. The Hall–Kier alpha value is -4.12. The molecule has 4 aromatic rings. The lowest BCUT2D eigenvalue weighted by atomic mass is 9.97. The summed E-state index contributed by atoms with van der Waals surface area (Å²) in [4.78, 5) is 31.2. The van der Waals surface area contributed by atoms with Gasteiger partial charge in [0.25, 0.3) is 5.91 Å². The van der Waals surface area contributed by atoms with Crippen molar-refractivity contribution in [2.45, 2.75) is 31.8 Å². The summed E-state index contributed by atoms with van der Waals surface area (Å²) in [7, 11) is 0. The Kier molecular flexibility index (Phi) is 5.25. The average molecular weight is 462 g/mol. The Balaban J connectivity index is 1.42. The molecule has 5 nitrogen and oxygen atoms in total. The summed E-state index contributed by atoms with van der Waals surface area (Å²) in [5, 5.41) is 0. The molecule has 5 heteroatoms. The van der Waals surface area contributed by atoms with Crippen LogP contribution in [0.5, 0.6) is 0 Å². The van der Waals surface area contributed by atoms with Gasteiger partial charge in [0.15, 0.2) is 0 Å². The van der Waals surface area contributed by atoms with E-state index in [-0.39, 0.29) is 30.4 Å². The van der Waals surface area contributed by atoms with Crippen LogP contribution in [-0.2, 0) is 4.79 Å². The maximum atomic E-state index is 14.1. The highest BCUT2D eigenvalue weighted by molar-refractivity contribution is 6.02. The molecule has 2 heterocycles. The zero-order valence-electron chi connectivity index (χ0n) is 19.7. The second-order valence-electron chi connectivity index (χ2n) is 9.40. The number of amides is 2. The second kappa shape index (κ2) is 8.58. The van der Waals surface area contributed by atoms with E-state index in [0.29, 0.717) is 5.56 Å². The van der Waals surface area contributed by atoms with Crippen molar-refractivity contribution in [2.75, 3.05) is 11.4 Å². The van der Waals surface area contributed by atoms with Crippen LogP contribution >= 0.6 is 0 Å². The molecule has 1 aliphatic carbocycles. The van der Waals surface area contributed by atoms with Gasteiger partial charge in [-0.25, -0.2) is 0 Å². The van der Waals surface area contributed by atoms with Crippen molar-refractivity contribution in [2.24, 2.45) is 0 Å². The SMILES string of the molecule is Cc1ccc(C2c3cccn3-c3ccccc3N2C(=O)CN(C(=O)c2ccccc2)C2CC2)cc1. The quantitative estimate of drug-likeness (QED) is 0.393. The number of benzene rings is 3. The molecule has 1 saturated carbocycles. The topological polar surface area (TPSA) is 45.6 Å². The molecule has 3 aromatic carbocycles. The number of aryl methyl sites for hydroxylation is 1. The smallest absolute Gasteiger partial charge is 0.254 e. The first-order chi connectivity index (χ1) is 17.1. The van der Waals surface area contributed by atoms with Gasteiger partial charge < -0.3 is 9.47 Å². The molecular weight excluding hydrogens is 434 g/mol. The van der Waals surface area contributed by atoms with E-state index in [1.165, 1.54) is 5.56 Å². The third kappa shape index (κ3) is 3.83. The van der Waals surface area contributed by atoms with E-state index in [1.807, 2.05) is 71.8 Å². The maximum absolute atomic E-state index is 14.1. The summed E-state index contributed by atoms with van der Waals surface area (Å²) in [6.45, 7) is 2.12. The van der Waals surface area contributed by atoms with E-state index in [0.717, 1.165) is 35.5 Å². The molecule has 1 aromatic heterocycles. The van der Waals surface area contributed by atoms with Crippen LogP contribution in [-0.4, -0.2) is 33.9 Å². The highest BCUT2D eigenvalue weighted by atomic mass is 16.2. The summed E-state index contributed by atoms with van der Waals surface area (Å²) < 4.78 is 2.16. The lowest BCUT2D eigenvalue weighted by molar-refractivity contribution is -0.119. The van der Waals surface area contributed by atoms with E-state index >= 15 is 0 Å². The minimum absolute atomic E-state index is 0.0514. The zero-order valence-corrected chi connectivity index (χ0v) is 19.7. The number of fused-ring (bicyclic) bond motifs is 3. The molecule has 1 fully saturated rings. The van der Waals surface area contributed by atoms with Crippen LogP contribution in [0.2, 0.25) is 0 Å². The number of hydrogen-bond acceptors (Lipinski definition) is 2. The molecule has 0 bridgehead atoms. The van der Waals surface area contributed by atoms with Crippen molar-refractivity contribution in [3.05, 3.63) is 120 Å². The predicted molar refractivity (Wildman–Crippen MR) is 137 cm³/mol. The Bertz CT molecular complexity index is 1390. The first-order valence-corrected chi connectivity index (χ1v) is 12.1. The van der Waals surface area contributed by atoms with E-state index in [9.17, 15) is 9.59 Å². The lowest BCUT2D eigenvalue weighted by Crippen LogP contribution is -2.47. The number of carbonyl (C=O) groups is 2. The van der Waals surface area contributed by atoms with E-state index in [1.54, 1.807) is 4.90 Å². The minimum atomic E-state index is -0.277. The third-order valence-electron chi connectivity index (χ3n) is 6.96. The van der Waals surface area contributed by atoms with Gasteiger partial charge in [-0.3, -0.25) is 14.5 Å². The Morgan fingerprint density at radius 1 is 0.829 bits per heavy atom. The fourth-order valence-electron chi connectivity index (χ4n) is 5.05. The number of rotatable bonds is 5. The third-order valence-corrected chi connectivity index (χ3v) is 6.96. The van der Waals surface area contributed by atoms with Crippen LogP contribution in [0.3, 0.4) is 0 Å². The predicted octanol–water partition coefficient (Wildman–Crippen LogP) is 5.53. The second-order valence-corrected chi connectivity index (χ2v) is 9.40. The number of carbonyl (C=O) groups excluding carboxylic acids is 2. The fourth-order valence-corrected chi connectivity index (χ4v) is 5.05. The maximum Gasteiger partial charge on any atom is 0.254 e. The highest BCUT2D eigenvalue weighted by Gasteiger charge is 2.40. The summed E-state index contributed by atoms with van der Waals surface area (Å²) in [6, 6.07) is 29.6. The molecule has 35 heavy (non-hydrogen) atoms.